The Morgan fingerprint density at radius 2 is 2.11 bits per heavy atom. The van der Waals surface area contributed by atoms with Crippen molar-refractivity contribution in [3.63, 3.8) is 0 Å². The lowest BCUT2D eigenvalue weighted by Crippen LogP contribution is -2.44. The van der Waals surface area contributed by atoms with Crippen LogP contribution in [0.1, 0.15) is 36.9 Å². The normalized spacial score (nSPS) is 29.3. The predicted molar refractivity (Wildman–Crippen MR) is 62.9 cm³/mol. The van der Waals surface area contributed by atoms with Gasteiger partial charge in [0.2, 0.25) is 0 Å². The average Bonchev–Trinajstić information content (AvgIpc) is 2.28. The van der Waals surface area contributed by atoms with Crippen LogP contribution in [-0.2, 0) is 5.54 Å². The summed E-state index contributed by atoms with van der Waals surface area (Å²) in [6.07, 6.45) is -1.31. The first-order chi connectivity index (χ1) is 8.31. The summed E-state index contributed by atoms with van der Waals surface area (Å²) in [7, 11) is 0. The molecule has 1 aliphatic carbocycles. The van der Waals surface area contributed by atoms with Crippen LogP contribution < -0.4 is 5.73 Å². The molecule has 0 bridgehead atoms. The summed E-state index contributed by atoms with van der Waals surface area (Å²) in [6.45, 7) is 1.84. The van der Waals surface area contributed by atoms with Crippen LogP contribution >= 0.6 is 0 Å². The second-order valence-electron chi connectivity index (χ2n) is 5.18. The second-order valence-corrected chi connectivity index (χ2v) is 5.18. The van der Waals surface area contributed by atoms with Crippen LogP contribution in [0.5, 0.6) is 0 Å². The van der Waals surface area contributed by atoms with E-state index in [-0.39, 0.29) is 12.8 Å². The highest BCUT2D eigenvalue weighted by atomic mass is 19.4. The van der Waals surface area contributed by atoms with Crippen molar-refractivity contribution in [2.45, 2.75) is 44.3 Å². The Morgan fingerprint density at radius 3 is 2.67 bits per heavy atom. The van der Waals surface area contributed by atoms with Gasteiger partial charge in [-0.25, -0.2) is 0 Å². The first kappa shape index (κ1) is 13.3. The summed E-state index contributed by atoms with van der Waals surface area (Å²) in [5.41, 5.74) is 6.84. The summed E-state index contributed by atoms with van der Waals surface area (Å²) in [5, 5.41) is 0. The Balaban J connectivity index is 2.22. The van der Waals surface area contributed by atoms with Gasteiger partial charge in [0, 0.05) is 17.4 Å². The number of pyridine rings is 1. The Morgan fingerprint density at radius 1 is 1.39 bits per heavy atom. The molecule has 2 unspecified atom stereocenters. The maximum absolute atomic E-state index is 12.8. The van der Waals surface area contributed by atoms with E-state index < -0.39 is 17.6 Å². The smallest absolute Gasteiger partial charge is 0.321 e. The van der Waals surface area contributed by atoms with E-state index in [0.29, 0.717) is 18.4 Å². The Bertz CT molecular complexity index is 413. The van der Waals surface area contributed by atoms with Crippen LogP contribution in [0.4, 0.5) is 13.2 Å². The van der Waals surface area contributed by atoms with Gasteiger partial charge >= 0.3 is 6.18 Å². The number of hydrogen-bond acceptors (Lipinski definition) is 2. The lowest BCUT2D eigenvalue weighted by Gasteiger charge is -2.38. The molecule has 1 heterocycles. The summed E-state index contributed by atoms with van der Waals surface area (Å²) in [4.78, 5) is 4.13. The number of nitrogens with zero attached hydrogens (tertiary/aromatic N) is 1. The van der Waals surface area contributed by atoms with Gasteiger partial charge in [-0.05, 0) is 37.8 Å². The van der Waals surface area contributed by atoms with E-state index in [4.69, 9.17) is 5.73 Å². The first-order valence-corrected chi connectivity index (χ1v) is 6.10. The van der Waals surface area contributed by atoms with Crippen LogP contribution in [0.15, 0.2) is 18.3 Å². The molecule has 1 aliphatic rings. The summed E-state index contributed by atoms with van der Waals surface area (Å²) < 4.78 is 38.4. The monoisotopic (exact) mass is 258 g/mol. The number of aromatic nitrogens is 1. The third-order valence-corrected chi connectivity index (χ3v) is 3.74. The molecule has 0 spiro atoms. The van der Waals surface area contributed by atoms with Crippen molar-refractivity contribution in [2.75, 3.05) is 0 Å². The third-order valence-electron chi connectivity index (χ3n) is 3.74. The zero-order valence-electron chi connectivity index (χ0n) is 10.3. The lowest BCUT2D eigenvalue weighted by molar-refractivity contribution is -0.187. The Hall–Kier alpha value is -1.10. The molecule has 100 valence electrons. The summed E-state index contributed by atoms with van der Waals surface area (Å²) in [5.74, 6) is -1.29. The largest absolute Gasteiger partial charge is 0.391 e. The van der Waals surface area contributed by atoms with Crippen molar-refractivity contribution >= 4 is 0 Å². The number of hydrogen-bond donors (Lipinski definition) is 1. The van der Waals surface area contributed by atoms with E-state index in [1.807, 2.05) is 6.92 Å². The number of alkyl halides is 3. The van der Waals surface area contributed by atoms with Crippen LogP contribution in [0.3, 0.4) is 0 Å². The second kappa shape index (κ2) is 4.53. The lowest BCUT2D eigenvalue weighted by atomic mass is 9.72. The summed E-state index contributed by atoms with van der Waals surface area (Å²) >= 11 is 0. The topological polar surface area (TPSA) is 38.9 Å². The van der Waals surface area contributed by atoms with E-state index in [0.717, 1.165) is 5.69 Å². The highest BCUT2D eigenvalue weighted by Gasteiger charge is 2.46. The van der Waals surface area contributed by atoms with Crippen LogP contribution in [0.2, 0.25) is 0 Å². The van der Waals surface area contributed by atoms with Gasteiger partial charge in [-0.15, -0.1) is 0 Å². The maximum Gasteiger partial charge on any atom is 0.391 e. The molecule has 2 nitrogen and oxygen atoms in total. The van der Waals surface area contributed by atoms with Gasteiger partial charge in [0.1, 0.15) is 0 Å². The highest BCUT2D eigenvalue weighted by Crippen LogP contribution is 2.44. The van der Waals surface area contributed by atoms with Crippen molar-refractivity contribution in [1.82, 2.24) is 4.98 Å². The first-order valence-electron chi connectivity index (χ1n) is 6.10. The van der Waals surface area contributed by atoms with Crippen LogP contribution in [0.25, 0.3) is 0 Å². The SMILES string of the molecule is Cc1ccc(C2(N)CCCC(C(F)(F)F)C2)cn1. The van der Waals surface area contributed by atoms with Crippen LogP contribution in [-0.4, -0.2) is 11.2 Å². The van der Waals surface area contributed by atoms with Crippen molar-refractivity contribution in [2.24, 2.45) is 11.7 Å². The predicted octanol–water partition coefficient (Wildman–Crippen LogP) is 3.30. The molecule has 0 radical (unpaired) electrons. The molecule has 1 aromatic rings. The molecule has 1 saturated carbocycles. The van der Waals surface area contributed by atoms with Gasteiger partial charge in [0.25, 0.3) is 0 Å². The minimum atomic E-state index is -4.15. The van der Waals surface area contributed by atoms with E-state index in [1.165, 1.54) is 0 Å². The molecule has 2 rings (SSSR count). The molecular formula is C13H17F3N2. The molecule has 1 fully saturated rings. The number of nitrogens with two attached hydrogens (primary N) is 1. The quantitative estimate of drug-likeness (QED) is 0.839. The van der Waals surface area contributed by atoms with E-state index >= 15 is 0 Å². The van der Waals surface area contributed by atoms with Crippen molar-refractivity contribution < 1.29 is 13.2 Å². The number of halogens is 3. The van der Waals surface area contributed by atoms with E-state index in [1.54, 1.807) is 18.3 Å². The zero-order chi connectivity index (χ0) is 13.4. The number of rotatable bonds is 1. The molecule has 1 aromatic heterocycles. The van der Waals surface area contributed by atoms with Gasteiger partial charge < -0.3 is 5.73 Å². The Kier molecular flexibility index (Phi) is 3.36. The standard InChI is InChI=1S/C13H17F3N2/c1-9-4-5-11(8-18-9)12(17)6-2-3-10(7-12)13(14,15)16/h4-5,8,10H,2-3,6-7,17H2,1H3. The van der Waals surface area contributed by atoms with Crippen molar-refractivity contribution in [3.05, 3.63) is 29.6 Å². The average molecular weight is 258 g/mol. The van der Waals surface area contributed by atoms with Gasteiger partial charge in [-0.1, -0.05) is 12.5 Å². The Labute approximate surface area is 104 Å². The minimum absolute atomic E-state index is 0.0404. The highest BCUT2D eigenvalue weighted by molar-refractivity contribution is 5.23. The van der Waals surface area contributed by atoms with Gasteiger partial charge in [0.05, 0.1) is 5.92 Å². The van der Waals surface area contributed by atoms with Gasteiger partial charge in [-0.3, -0.25) is 4.98 Å². The molecule has 0 aliphatic heterocycles. The van der Waals surface area contributed by atoms with Gasteiger partial charge in [-0.2, -0.15) is 13.2 Å². The summed E-state index contributed by atoms with van der Waals surface area (Å²) in [6, 6.07) is 3.59. The molecule has 0 aromatic carbocycles. The molecule has 0 saturated heterocycles. The third kappa shape index (κ3) is 2.66. The molecule has 2 N–H and O–H groups in total. The fourth-order valence-electron chi connectivity index (χ4n) is 2.61. The molecular weight excluding hydrogens is 241 g/mol. The molecule has 18 heavy (non-hydrogen) atoms. The van der Waals surface area contributed by atoms with Crippen LogP contribution in [0, 0.1) is 12.8 Å². The van der Waals surface area contributed by atoms with Crippen molar-refractivity contribution in [3.8, 4) is 0 Å². The van der Waals surface area contributed by atoms with E-state index in [9.17, 15) is 13.2 Å². The molecule has 2 atom stereocenters. The fraction of sp³-hybridized carbons (Fsp3) is 0.615. The molecule has 5 heteroatoms. The maximum atomic E-state index is 12.8. The minimum Gasteiger partial charge on any atom is -0.321 e. The van der Waals surface area contributed by atoms with Crippen molar-refractivity contribution in [1.29, 1.82) is 0 Å². The van der Waals surface area contributed by atoms with E-state index in [2.05, 4.69) is 4.98 Å². The zero-order valence-corrected chi connectivity index (χ0v) is 10.3. The van der Waals surface area contributed by atoms with Gasteiger partial charge in [0.15, 0.2) is 0 Å². The fourth-order valence-corrected chi connectivity index (χ4v) is 2.61. The number of aryl methyl sites for hydroxylation is 1. The molecule has 0 amide bonds.